The summed E-state index contributed by atoms with van der Waals surface area (Å²) in [6, 6.07) is 1.07. The third-order valence-corrected chi connectivity index (χ3v) is 8.88. The highest BCUT2D eigenvalue weighted by Gasteiger charge is 2.49. The molecule has 1 aromatic heterocycles. The fourth-order valence-electron chi connectivity index (χ4n) is 5.64. The Kier molecular flexibility index (Phi) is 5.38. The van der Waals surface area contributed by atoms with Gasteiger partial charge in [0.05, 0.1) is 6.20 Å². The van der Waals surface area contributed by atoms with Crippen LogP contribution >= 0.6 is 0 Å². The molecule has 152 valence electrons. The zero-order chi connectivity index (χ0) is 19.2. The zero-order valence-corrected chi connectivity index (χ0v) is 17.6. The molecule has 3 saturated heterocycles. The van der Waals surface area contributed by atoms with Gasteiger partial charge in [-0.25, -0.2) is 8.42 Å². The molecule has 0 spiro atoms. The van der Waals surface area contributed by atoms with Gasteiger partial charge < -0.3 is 4.52 Å². The van der Waals surface area contributed by atoms with E-state index in [0.29, 0.717) is 48.7 Å². The van der Waals surface area contributed by atoms with Crippen molar-refractivity contribution in [2.75, 3.05) is 19.6 Å². The quantitative estimate of drug-likeness (QED) is 0.765. The highest BCUT2D eigenvalue weighted by atomic mass is 32.2. The van der Waals surface area contributed by atoms with Gasteiger partial charge in [0.2, 0.25) is 10.0 Å². The Labute approximate surface area is 163 Å². The molecule has 0 radical (unpaired) electrons. The van der Waals surface area contributed by atoms with Crippen molar-refractivity contribution in [2.24, 2.45) is 17.8 Å². The number of hydrogen-bond acceptors (Lipinski definition) is 5. The van der Waals surface area contributed by atoms with Gasteiger partial charge in [0.15, 0.2) is 5.76 Å². The van der Waals surface area contributed by atoms with Crippen molar-refractivity contribution in [1.29, 1.82) is 0 Å². The first-order valence-corrected chi connectivity index (χ1v) is 12.0. The van der Waals surface area contributed by atoms with Gasteiger partial charge in [-0.2, -0.15) is 4.31 Å². The van der Waals surface area contributed by atoms with Gasteiger partial charge in [-0.3, -0.25) is 4.90 Å². The van der Waals surface area contributed by atoms with Crippen LogP contribution in [0.5, 0.6) is 0 Å². The van der Waals surface area contributed by atoms with Crippen LogP contribution in [0, 0.1) is 24.7 Å². The number of hydrogen-bond donors (Lipinski definition) is 0. The monoisotopic (exact) mass is 395 g/mol. The summed E-state index contributed by atoms with van der Waals surface area (Å²) in [5.74, 6) is 1.97. The summed E-state index contributed by atoms with van der Waals surface area (Å²) in [5, 5.41) is 3.70. The topological polar surface area (TPSA) is 66.7 Å². The molecule has 4 rings (SSSR count). The summed E-state index contributed by atoms with van der Waals surface area (Å²) >= 11 is 0. The second-order valence-electron chi connectivity index (χ2n) is 9.16. The number of sulfonamides is 1. The maximum Gasteiger partial charge on any atom is 0.248 e. The molecule has 0 aromatic carbocycles. The van der Waals surface area contributed by atoms with E-state index in [2.05, 4.69) is 23.9 Å². The lowest BCUT2D eigenvalue weighted by Gasteiger charge is -2.56. The van der Waals surface area contributed by atoms with E-state index in [4.69, 9.17) is 4.52 Å². The summed E-state index contributed by atoms with van der Waals surface area (Å²) in [5.41, 5.74) is 0. The van der Waals surface area contributed by atoms with E-state index < -0.39 is 10.0 Å². The molecular formula is C20H33N3O3S. The SMILES string of the molecule is Cc1oncc1S(=O)(=O)N1C[C@H]2C[C@@H](C1)[C@H](CCC(C)C)N1CCCC[C@@H]21. The van der Waals surface area contributed by atoms with Crippen LogP contribution in [0.25, 0.3) is 0 Å². The third kappa shape index (κ3) is 3.58. The fourth-order valence-corrected chi connectivity index (χ4v) is 7.27. The highest BCUT2D eigenvalue weighted by Crippen LogP contribution is 2.44. The van der Waals surface area contributed by atoms with Crippen LogP contribution < -0.4 is 0 Å². The maximum atomic E-state index is 13.2. The van der Waals surface area contributed by atoms with Gasteiger partial charge in [0.1, 0.15) is 4.90 Å². The lowest BCUT2D eigenvalue weighted by atomic mass is 9.71. The smallest absolute Gasteiger partial charge is 0.248 e. The first kappa shape index (κ1) is 19.4. The minimum Gasteiger partial charge on any atom is -0.360 e. The zero-order valence-electron chi connectivity index (χ0n) is 16.8. The minimum absolute atomic E-state index is 0.238. The number of aryl methyl sites for hydroxylation is 1. The maximum absolute atomic E-state index is 13.2. The van der Waals surface area contributed by atoms with Crippen molar-refractivity contribution >= 4 is 10.0 Å². The summed E-state index contributed by atoms with van der Waals surface area (Å²) < 4.78 is 33.3. The Morgan fingerprint density at radius 3 is 2.74 bits per heavy atom. The molecule has 0 amide bonds. The van der Waals surface area contributed by atoms with Crippen molar-refractivity contribution < 1.29 is 12.9 Å². The standard InChI is InChI=1S/C20H33N3O3S/c1-14(2)7-8-19-17-10-16(18-6-4-5-9-23(18)19)12-22(13-17)27(24,25)20-11-21-26-15(20)3/h11,14,16-19H,4-10,12-13H2,1-3H3/t16-,17+,18+,19+/m1/s1. The molecule has 0 aliphatic carbocycles. The van der Waals surface area contributed by atoms with Crippen molar-refractivity contribution in [3.63, 3.8) is 0 Å². The molecular weight excluding hydrogens is 362 g/mol. The Bertz CT molecular complexity index is 760. The lowest BCUT2D eigenvalue weighted by Crippen LogP contribution is -2.64. The van der Waals surface area contributed by atoms with Gasteiger partial charge >= 0.3 is 0 Å². The number of aromatic nitrogens is 1. The van der Waals surface area contributed by atoms with Crippen LogP contribution in [-0.2, 0) is 10.0 Å². The fraction of sp³-hybridized carbons (Fsp3) is 0.850. The Morgan fingerprint density at radius 2 is 2.04 bits per heavy atom. The summed E-state index contributed by atoms with van der Waals surface area (Å²) in [7, 11) is -3.53. The van der Waals surface area contributed by atoms with E-state index in [9.17, 15) is 8.42 Å². The molecule has 4 atom stereocenters. The van der Waals surface area contributed by atoms with Crippen LogP contribution in [-0.4, -0.2) is 54.5 Å². The molecule has 4 heterocycles. The van der Waals surface area contributed by atoms with Gasteiger partial charge in [-0.05, 0) is 63.3 Å². The van der Waals surface area contributed by atoms with Crippen molar-refractivity contribution in [3.8, 4) is 0 Å². The van der Waals surface area contributed by atoms with Crippen molar-refractivity contribution in [1.82, 2.24) is 14.4 Å². The van der Waals surface area contributed by atoms with Crippen molar-refractivity contribution in [3.05, 3.63) is 12.0 Å². The predicted octanol–water partition coefficient (Wildman–Crippen LogP) is 3.28. The van der Waals surface area contributed by atoms with Gasteiger partial charge in [-0.1, -0.05) is 25.4 Å². The second-order valence-corrected chi connectivity index (χ2v) is 11.1. The summed E-state index contributed by atoms with van der Waals surface area (Å²) in [4.78, 5) is 3.00. The molecule has 0 saturated carbocycles. The number of rotatable bonds is 5. The van der Waals surface area contributed by atoms with Crippen LogP contribution in [0.1, 0.15) is 58.1 Å². The summed E-state index contributed by atoms with van der Waals surface area (Å²) in [6.07, 6.45) is 8.72. The van der Waals surface area contributed by atoms with Gasteiger partial charge in [0, 0.05) is 25.2 Å². The Morgan fingerprint density at radius 1 is 1.26 bits per heavy atom. The van der Waals surface area contributed by atoms with E-state index in [-0.39, 0.29) is 4.90 Å². The van der Waals surface area contributed by atoms with Gasteiger partial charge in [-0.15, -0.1) is 0 Å². The van der Waals surface area contributed by atoms with Crippen LogP contribution in [0.3, 0.4) is 0 Å². The molecule has 1 aromatic rings. The molecule has 3 aliphatic rings. The molecule has 7 heteroatoms. The third-order valence-electron chi connectivity index (χ3n) is 6.95. The van der Waals surface area contributed by atoms with E-state index in [0.717, 1.165) is 0 Å². The number of piperidine rings is 3. The molecule has 0 unspecified atom stereocenters. The average molecular weight is 396 g/mol. The molecule has 2 bridgehead atoms. The van der Waals surface area contributed by atoms with E-state index in [1.165, 1.54) is 51.3 Å². The van der Waals surface area contributed by atoms with Crippen molar-refractivity contribution in [2.45, 2.75) is 76.3 Å². The van der Waals surface area contributed by atoms with E-state index in [1.54, 1.807) is 11.2 Å². The van der Waals surface area contributed by atoms with Crippen LogP contribution in [0.15, 0.2) is 15.6 Å². The second kappa shape index (κ2) is 7.48. The van der Waals surface area contributed by atoms with Crippen LogP contribution in [0.4, 0.5) is 0 Å². The molecule has 27 heavy (non-hydrogen) atoms. The average Bonchev–Trinajstić information content (AvgIpc) is 3.08. The molecule has 3 fully saturated rings. The first-order chi connectivity index (χ1) is 12.9. The van der Waals surface area contributed by atoms with E-state index >= 15 is 0 Å². The lowest BCUT2D eigenvalue weighted by molar-refractivity contribution is -0.0594. The highest BCUT2D eigenvalue weighted by molar-refractivity contribution is 7.89. The number of fused-ring (bicyclic) bond motifs is 4. The minimum atomic E-state index is -3.53. The Hall–Kier alpha value is -0.920. The number of nitrogens with zero attached hydrogens (tertiary/aromatic N) is 3. The first-order valence-electron chi connectivity index (χ1n) is 10.5. The van der Waals surface area contributed by atoms with Crippen LogP contribution in [0.2, 0.25) is 0 Å². The van der Waals surface area contributed by atoms with Gasteiger partial charge in [0.25, 0.3) is 0 Å². The normalized spacial score (nSPS) is 32.6. The molecule has 3 aliphatic heterocycles. The largest absolute Gasteiger partial charge is 0.360 e. The Balaban J connectivity index is 1.60. The summed E-state index contributed by atoms with van der Waals surface area (Å²) in [6.45, 7) is 8.71. The molecule has 0 N–H and O–H groups in total. The van der Waals surface area contributed by atoms with E-state index in [1.807, 2.05) is 0 Å². The molecule has 6 nitrogen and oxygen atoms in total. The predicted molar refractivity (Wildman–Crippen MR) is 104 cm³/mol.